The smallest absolute Gasteiger partial charge is 0.290 e. The Hall–Kier alpha value is -2.31. The highest BCUT2D eigenvalue weighted by molar-refractivity contribution is 6.38. The number of nitrogens with one attached hydrogen (secondary N) is 2. The summed E-state index contributed by atoms with van der Waals surface area (Å²) in [6.45, 7) is 1.66. The monoisotopic (exact) mass is 298 g/mol. The molecule has 0 aliphatic carbocycles. The molecule has 0 radical (unpaired) electrons. The topological polar surface area (TPSA) is 75.3 Å². The van der Waals surface area contributed by atoms with Gasteiger partial charge in [-0.25, -0.2) is 8.78 Å². The molecule has 0 aliphatic heterocycles. The minimum absolute atomic E-state index is 0.124. The van der Waals surface area contributed by atoms with E-state index in [1.54, 1.807) is 37.3 Å². The number of hydrogen-bond acceptors (Lipinski definition) is 3. The molecule has 2 atom stereocenters. The van der Waals surface area contributed by atoms with E-state index in [-0.39, 0.29) is 6.41 Å². The Morgan fingerprint density at radius 2 is 1.86 bits per heavy atom. The number of ketones is 1. The van der Waals surface area contributed by atoms with Crippen molar-refractivity contribution in [1.82, 2.24) is 10.6 Å². The lowest BCUT2D eigenvalue weighted by Crippen LogP contribution is -2.46. The van der Waals surface area contributed by atoms with E-state index in [1.807, 2.05) is 5.32 Å². The van der Waals surface area contributed by atoms with Gasteiger partial charge >= 0.3 is 0 Å². The number of alkyl halides is 2. The zero-order chi connectivity index (χ0) is 15.8. The van der Waals surface area contributed by atoms with Crippen LogP contribution < -0.4 is 10.6 Å². The van der Waals surface area contributed by atoms with Gasteiger partial charge in [-0.05, 0) is 12.5 Å². The van der Waals surface area contributed by atoms with Crippen LogP contribution in [-0.4, -0.2) is 30.6 Å². The molecule has 114 valence electrons. The molecule has 1 aromatic rings. The Bertz CT molecular complexity index is 494. The SMILES string of the molecule is C[C@H](NC(=O)C(=O)C(CC(F)F)NC=O)c1ccccc1. The molecule has 1 rings (SSSR count). The quantitative estimate of drug-likeness (QED) is 0.559. The fourth-order valence-corrected chi connectivity index (χ4v) is 1.76. The average molecular weight is 298 g/mol. The van der Waals surface area contributed by atoms with Crippen LogP contribution in [-0.2, 0) is 14.4 Å². The van der Waals surface area contributed by atoms with Crippen molar-refractivity contribution in [1.29, 1.82) is 0 Å². The molecule has 0 bridgehead atoms. The molecule has 0 heterocycles. The van der Waals surface area contributed by atoms with Crippen molar-refractivity contribution in [3.05, 3.63) is 35.9 Å². The Kier molecular flexibility index (Phi) is 6.45. The van der Waals surface area contributed by atoms with Crippen molar-refractivity contribution in [3.63, 3.8) is 0 Å². The highest BCUT2D eigenvalue weighted by Crippen LogP contribution is 2.11. The lowest BCUT2D eigenvalue weighted by molar-refractivity contribution is -0.140. The zero-order valence-corrected chi connectivity index (χ0v) is 11.4. The predicted octanol–water partition coefficient (Wildman–Crippen LogP) is 1.20. The van der Waals surface area contributed by atoms with Gasteiger partial charge in [0.25, 0.3) is 5.91 Å². The van der Waals surface area contributed by atoms with E-state index in [1.165, 1.54) is 0 Å². The number of halogens is 2. The maximum absolute atomic E-state index is 12.3. The van der Waals surface area contributed by atoms with Crippen molar-refractivity contribution in [3.8, 4) is 0 Å². The van der Waals surface area contributed by atoms with Crippen molar-refractivity contribution in [2.45, 2.75) is 31.9 Å². The van der Waals surface area contributed by atoms with Crippen LogP contribution in [0.3, 0.4) is 0 Å². The van der Waals surface area contributed by atoms with Crippen LogP contribution >= 0.6 is 0 Å². The van der Waals surface area contributed by atoms with E-state index in [9.17, 15) is 23.2 Å². The summed E-state index contributed by atoms with van der Waals surface area (Å²) >= 11 is 0. The second kappa shape index (κ2) is 8.08. The fraction of sp³-hybridized carbons (Fsp3) is 0.357. The van der Waals surface area contributed by atoms with E-state index in [4.69, 9.17) is 0 Å². The first-order valence-corrected chi connectivity index (χ1v) is 6.33. The van der Waals surface area contributed by atoms with E-state index < -0.39 is 36.6 Å². The summed E-state index contributed by atoms with van der Waals surface area (Å²) in [5.41, 5.74) is 0.771. The molecular formula is C14H16F2N2O3. The van der Waals surface area contributed by atoms with Crippen molar-refractivity contribution in [2.75, 3.05) is 0 Å². The lowest BCUT2D eigenvalue weighted by Gasteiger charge is -2.17. The number of rotatable bonds is 8. The summed E-state index contributed by atoms with van der Waals surface area (Å²) in [7, 11) is 0. The largest absolute Gasteiger partial charge is 0.348 e. The fourth-order valence-electron chi connectivity index (χ4n) is 1.76. The number of amides is 2. The van der Waals surface area contributed by atoms with E-state index in [0.717, 1.165) is 5.56 Å². The van der Waals surface area contributed by atoms with Gasteiger partial charge < -0.3 is 10.6 Å². The zero-order valence-electron chi connectivity index (χ0n) is 11.4. The molecule has 2 N–H and O–H groups in total. The van der Waals surface area contributed by atoms with E-state index >= 15 is 0 Å². The van der Waals surface area contributed by atoms with Crippen molar-refractivity contribution in [2.24, 2.45) is 0 Å². The average Bonchev–Trinajstić information content (AvgIpc) is 2.46. The summed E-state index contributed by atoms with van der Waals surface area (Å²) in [5, 5.41) is 4.36. The third kappa shape index (κ3) is 5.29. The maximum atomic E-state index is 12.3. The predicted molar refractivity (Wildman–Crippen MR) is 71.6 cm³/mol. The summed E-state index contributed by atoms with van der Waals surface area (Å²) < 4.78 is 24.6. The molecular weight excluding hydrogens is 282 g/mol. The molecule has 7 heteroatoms. The van der Waals surface area contributed by atoms with Gasteiger partial charge in [0.1, 0.15) is 6.04 Å². The van der Waals surface area contributed by atoms with Crippen LogP contribution in [0.5, 0.6) is 0 Å². The lowest BCUT2D eigenvalue weighted by atomic mass is 10.1. The van der Waals surface area contributed by atoms with Crippen LogP contribution in [0.15, 0.2) is 30.3 Å². The minimum atomic E-state index is -2.80. The minimum Gasteiger partial charge on any atom is -0.348 e. The van der Waals surface area contributed by atoms with Gasteiger partial charge in [0, 0.05) is 6.42 Å². The number of hydrogen-bond donors (Lipinski definition) is 2. The molecule has 0 aromatic heterocycles. The van der Waals surface area contributed by atoms with Crippen LogP contribution in [0.4, 0.5) is 8.78 Å². The molecule has 0 saturated carbocycles. The van der Waals surface area contributed by atoms with Crippen LogP contribution in [0.25, 0.3) is 0 Å². The molecule has 0 aliphatic rings. The molecule has 21 heavy (non-hydrogen) atoms. The molecule has 0 fully saturated rings. The summed E-state index contributed by atoms with van der Waals surface area (Å²) in [5.74, 6) is -2.10. The summed E-state index contributed by atoms with van der Waals surface area (Å²) in [6, 6.07) is 6.89. The number of carbonyl (C=O) groups is 3. The third-order valence-electron chi connectivity index (χ3n) is 2.87. The second-order valence-corrected chi connectivity index (χ2v) is 4.43. The highest BCUT2D eigenvalue weighted by atomic mass is 19.3. The standard InChI is InChI=1S/C14H16F2N2O3/c1-9(10-5-3-2-4-6-10)18-14(21)13(20)11(17-8-19)7-12(15)16/h2-6,8-9,11-12H,7H2,1H3,(H,17,19)(H,18,21)/t9-,11?/m0/s1. The first-order chi connectivity index (χ1) is 9.95. The Balaban J connectivity index is 2.68. The first kappa shape index (κ1) is 16.7. The van der Waals surface area contributed by atoms with Crippen LogP contribution in [0.2, 0.25) is 0 Å². The van der Waals surface area contributed by atoms with Gasteiger partial charge in [-0.3, -0.25) is 14.4 Å². The van der Waals surface area contributed by atoms with Crippen molar-refractivity contribution < 1.29 is 23.2 Å². The van der Waals surface area contributed by atoms with Gasteiger partial charge in [-0.1, -0.05) is 30.3 Å². The Morgan fingerprint density at radius 1 is 1.24 bits per heavy atom. The normalized spacial score (nSPS) is 13.3. The number of Topliss-reactive ketones (excluding diaryl/α,β-unsaturated/α-hetero) is 1. The highest BCUT2D eigenvalue weighted by Gasteiger charge is 2.28. The third-order valence-corrected chi connectivity index (χ3v) is 2.87. The summed E-state index contributed by atoms with van der Waals surface area (Å²) in [6.07, 6.45) is -3.57. The van der Waals surface area contributed by atoms with Gasteiger partial charge in [-0.2, -0.15) is 0 Å². The second-order valence-electron chi connectivity index (χ2n) is 4.43. The number of benzene rings is 1. The van der Waals surface area contributed by atoms with Gasteiger partial charge in [0.05, 0.1) is 6.04 Å². The van der Waals surface area contributed by atoms with Crippen LogP contribution in [0, 0.1) is 0 Å². The molecule has 0 saturated heterocycles. The molecule has 5 nitrogen and oxygen atoms in total. The van der Waals surface area contributed by atoms with Gasteiger partial charge in [-0.15, -0.1) is 0 Å². The van der Waals surface area contributed by atoms with Crippen molar-refractivity contribution >= 4 is 18.1 Å². The van der Waals surface area contributed by atoms with E-state index in [0.29, 0.717) is 0 Å². The maximum Gasteiger partial charge on any atom is 0.290 e. The van der Waals surface area contributed by atoms with E-state index in [2.05, 4.69) is 5.32 Å². The van der Waals surface area contributed by atoms with Gasteiger partial charge in [0.15, 0.2) is 0 Å². The molecule has 0 spiro atoms. The Morgan fingerprint density at radius 3 is 2.38 bits per heavy atom. The van der Waals surface area contributed by atoms with Gasteiger partial charge in [0.2, 0.25) is 18.6 Å². The molecule has 2 amide bonds. The first-order valence-electron chi connectivity index (χ1n) is 6.33. The molecule has 1 aromatic carbocycles. The molecule has 1 unspecified atom stereocenters. The van der Waals surface area contributed by atoms with Crippen LogP contribution in [0.1, 0.15) is 24.9 Å². The number of carbonyl (C=O) groups excluding carboxylic acids is 3. The summed E-state index contributed by atoms with van der Waals surface area (Å²) in [4.78, 5) is 33.9. The Labute approximate surface area is 120 Å².